The number of carbonyl (C=O) groups is 1. The van der Waals surface area contributed by atoms with Gasteiger partial charge in [0.25, 0.3) is 0 Å². The summed E-state index contributed by atoms with van der Waals surface area (Å²) >= 11 is 0. The van der Waals surface area contributed by atoms with E-state index >= 15 is 0 Å². The van der Waals surface area contributed by atoms with Crippen molar-refractivity contribution in [2.75, 3.05) is 5.32 Å². The van der Waals surface area contributed by atoms with Crippen molar-refractivity contribution in [2.45, 2.75) is 39.3 Å². The third-order valence-corrected chi connectivity index (χ3v) is 3.10. The van der Waals surface area contributed by atoms with Gasteiger partial charge in [-0.1, -0.05) is 30.7 Å². The maximum absolute atomic E-state index is 11.9. The van der Waals surface area contributed by atoms with Crippen LogP contribution >= 0.6 is 0 Å². The maximum Gasteiger partial charge on any atom is 0.246 e. The highest BCUT2D eigenvalue weighted by Gasteiger charge is 2.08. The van der Waals surface area contributed by atoms with Crippen molar-refractivity contribution in [3.63, 3.8) is 0 Å². The number of nitrogens with one attached hydrogen (secondary N) is 1. The number of nitrogens with zero attached hydrogens (tertiary/aromatic N) is 3. The van der Waals surface area contributed by atoms with Crippen LogP contribution < -0.4 is 11.1 Å². The largest absolute Gasteiger partial charge is 0.324 e. The van der Waals surface area contributed by atoms with E-state index in [0.29, 0.717) is 5.69 Å². The quantitative estimate of drug-likeness (QED) is 0.849. The first-order chi connectivity index (χ1) is 10.1. The summed E-state index contributed by atoms with van der Waals surface area (Å²) in [6.07, 6.45) is 3.85. The van der Waals surface area contributed by atoms with Gasteiger partial charge in [0.2, 0.25) is 5.91 Å². The molecule has 112 valence electrons. The highest BCUT2D eigenvalue weighted by atomic mass is 16.2. The Labute approximate surface area is 124 Å². The highest BCUT2D eigenvalue weighted by molar-refractivity contribution is 5.90. The zero-order chi connectivity index (χ0) is 15.2. The molecule has 1 heterocycles. The van der Waals surface area contributed by atoms with E-state index in [9.17, 15) is 4.79 Å². The SMILES string of the molecule is CCCc1ccc(NC(=O)Cn2cc(C(C)N)nn2)cc1. The molecule has 1 aromatic carbocycles. The molecule has 1 atom stereocenters. The fraction of sp³-hybridized carbons (Fsp3) is 0.400. The second-order valence-electron chi connectivity index (χ2n) is 5.12. The minimum absolute atomic E-state index is 0.121. The van der Waals surface area contributed by atoms with Gasteiger partial charge in [0.15, 0.2) is 0 Å². The molecule has 0 saturated heterocycles. The molecule has 6 heteroatoms. The van der Waals surface area contributed by atoms with E-state index in [1.54, 1.807) is 6.20 Å². The molecule has 6 nitrogen and oxygen atoms in total. The molecule has 0 bridgehead atoms. The molecule has 0 radical (unpaired) electrons. The number of benzene rings is 1. The van der Waals surface area contributed by atoms with Crippen LogP contribution in [0, 0.1) is 0 Å². The number of carbonyl (C=O) groups excluding carboxylic acids is 1. The third-order valence-electron chi connectivity index (χ3n) is 3.10. The fourth-order valence-corrected chi connectivity index (χ4v) is 1.99. The average Bonchev–Trinajstić information content (AvgIpc) is 2.90. The van der Waals surface area contributed by atoms with Gasteiger partial charge in [-0.05, 0) is 31.0 Å². The molecule has 21 heavy (non-hydrogen) atoms. The number of hydrogen-bond acceptors (Lipinski definition) is 4. The van der Waals surface area contributed by atoms with Crippen LogP contribution in [0.1, 0.15) is 37.6 Å². The molecule has 0 spiro atoms. The van der Waals surface area contributed by atoms with Gasteiger partial charge in [-0.15, -0.1) is 5.10 Å². The summed E-state index contributed by atoms with van der Waals surface area (Å²) in [5.41, 5.74) is 8.43. The number of anilines is 1. The smallest absolute Gasteiger partial charge is 0.246 e. The van der Waals surface area contributed by atoms with E-state index in [-0.39, 0.29) is 18.5 Å². The molecule has 0 aliphatic heterocycles. The van der Waals surface area contributed by atoms with Gasteiger partial charge >= 0.3 is 0 Å². The Bertz CT molecular complexity index is 588. The predicted molar refractivity (Wildman–Crippen MR) is 81.7 cm³/mol. The lowest BCUT2D eigenvalue weighted by molar-refractivity contribution is -0.116. The van der Waals surface area contributed by atoms with Crippen molar-refractivity contribution in [2.24, 2.45) is 5.73 Å². The van der Waals surface area contributed by atoms with Crippen LogP contribution in [0.4, 0.5) is 5.69 Å². The van der Waals surface area contributed by atoms with Gasteiger partial charge in [0, 0.05) is 11.7 Å². The van der Waals surface area contributed by atoms with Crippen LogP contribution in [0.15, 0.2) is 30.5 Å². The Morgan fingerprint density at radius 2 is 2.10 bits per heavy atom. The van der Waals surface area contributed by atoms with Gasteiger partial charge in [0.05, 0.1) is 11.9 Å². The zero-order valence-corrected chi connectivity index (χ0v) is 12.4. The average molecular weight is 287 g/mol. The number of aryl methyl sites for hydroxylation is 1. The van der Waals surface area contributed by atoms with Crippen molar-refractivity contribution in [1.29, 1.82) is 0 Å². The third kappa shape index (κ3) is 4.39. The summed E-state index contributed by atoms with van der Waals surface area (Å²) in [7, 11) is 0. The Balaban J connectivity index is 1.91. The van der Waals surface area contributed by atoms with Crippen LogP contribution in [0.5, 0.6) is 0 Å². The summed E-state index contributed by atoms with van der Waals surface area (Å²) in [6.45, 7) is 4.09. The Hall–Kier alpha value is -2.21. The number of amides is 1. The van der Waals surface area contributed by atoms with Crippen molar-refractivity contribution in [3.05, 3.63) is 41.7 Å². The lowest BCUT2D eigenvalue weighted by Gasteiger charge is -2.06. The van der Waals surface area contributed by atoms with Crippen molar-refractivity contribution >= 4 is 11.6 Å². The normalized spacial score (nSPS) is 12.1. The number of rotatable bonds is 6. The topological polar surface area (TPSA) is 85.8 Å². The molecular formula is C15H21N5O. The van der Waals surface area contributed by atoms with Crippen molar-refractivity contribution in [1.82, 2.24) is 15.0 Å². The number of aromatic nitrogens is 3. The van der Waals surface area contributed by atoms with Gasteiger partial charge in [-0.25, -0.2) is 4.68 Å². The van der Waals surface area contributed by atoms with E-state index < -0.39 is 0 Å². The first kappa shape index (κ1) is 15.2. The number of nitrogens with two attached hydrogens (primary N) is 1. The van der Waals surface area contributed by atoms with Crippen molar-refractivity contribution < 1.29 is 4.79 Å². The second kappa shape index (κ2) is 6.99. The molecule has 3 N–H and O–H groups in total. The standard InChI is InChI=1S/C15H21N5O/c1-3-4-12-5-7-13(8-6-12)17-15(21)10-20-9-14(11(2)16)18-19-20/h5-9,11H,3-4,10,16H2,1-2H3,(H,17,21). The summed E-state index contributed by atoms with van der Waals surface area (Å²) in [5, 5.41) is 10.6. The Morgan fingerprint density at radius 1 is 1.38 bits per heavy atom. The van der Waals surface area contributed by atoms with E-state index in [2.05, 4.69) is 22.6 Å². The van der Waals surface area contributed by atoms with E-state index in [1.807, 2.05) is 31.2 Å². The van der Waals surface area contributed by atoms with Gasteiger partial charge < -0.3 is 11.1 Å². The molecule has 0 fully saturated rings. The van der Waals surface area contributed by atoms with E-state index in [4.69, 9.17) is 5.73 Å². The minimum atomic E-state index is -0.187. The molecule has 1 aromatic heterocycles. The Morgan fingerprint density at radius 3 is 2.67 bits per heavy atom. The lowest BCUT2D eigenvalue weighted by Crippen LogP contribution is -2.19. The summed E-state index contributed by atoms with van der Waals surface area (Å²) in [5.74, 6) is -0.139. The molecular weight excluding hydrogens is 266 g/mol. The predicted octanol–water partition coefficient (Wildman–Crippen LogP) is 1.89. The minimum Gasteiger partial charge on any atom is -0.324 e. The molecule has 2 rings (SSSR count). The summed E-state index contributed by atoms with van der Waals surface area (Å²) < 4.78 is 1.49. The first-order valence-electron chi connectivity index (χ1n) is 7.13. The van der Waals surface area contributed by atoms with Crippen LogP contribution in [0.2, 0.25) is 0 Å². The van der Waals surface area contributed by atoms with E-state index in [0.717, 1.165) is 18.5 Å². The lowest BCUT2D eigenvalue weighted by atomic mass is 10.1. The molecule has 0 aliphatic carbocycles. The van der Waals surface area contributed by atoms with Gasteiger partial charge in [-0.3, -0.25) is 4.79 Å². The van der Waals surface area contributed by atoms with Crippen LogP contribution in [-0.2, 0) is 17.8 Å². The Kier molecular flexibility index (Phi) is 5.05. The first-order valence-corrected chi connectivity index (χ1v) is 7.13. The van der Waals surface area contributed by atoms with E-state index in [1.165, 1.54) is 10.2 Å². The molecule has 0 aliphatic rings. The maximum atomic E-state index is 11.9. The van der Waals surface area contributed by atoms with Crippen molar-refractivity contribution in [3.8, 4) is 0 Å². The molecule has 0 saturated carbocycles. The van der Waals surface area contributed by atoms with Crippen LogP contribution in [-0.4, -0.2) is 20.9 Å². The zero-order valence-electron chi connectivity index (χ0n) is 12.4. The van der Waals surface area contributed by atoms with Gasteiger partial charge in [0.1, 0.15) is 6.54 Å². The highest BCUT2D eigenvalue weighted by Crippen LogP contribution is 2.11. The second-order valence-corrected chi connectivity index (χ2v) is 5.12. The monoisotopic (exact) mass is 287 g/mol. The molecule has 1 unspecified atom stereocenters. The molecule has 2 aromatic rings. The van der Waals surface area contributed by atoms with Gasteiger partial charge in [-0.2, -0.15) is 0 Å². The fourth-order valence-electron chi connectivity index (χ4n) is 1.99. The number of hydrogen-bond donors (Lipinski definition) is 2. The van der Waals surface area contributed by atoms with Crippen LogP contribution in [0.3, 0.4) is 0 Å². The molecule has 1 amide bonds. The van der Waals surface area contributed by atoms with Crippen LogP contribution in [0.25, 0.3) is 0 Å². The summed E-state index contributed by atoms with van der Waals surface area (Å²) in [6, 6.07) is 7.70. The summed E-state index contributed by atoms with van der Waals surface area (Å²) in [4.78, 5) is 11.9.